The van der Waals surface area contributed by atoms with E-state index in [1.165, 1.54) is 0 Å². The highest BCUT2D eigenvalue weighted by atomic mass is 28.4. The fourth-order valence-electron chi connectivity index (χ4n) is 7.43. The maximum atomic E-state index is 14.3. The Morgan fingerprint density at radius 2 is 1.11 bits per heavy atom. The van der Waals surface area contributed by atoms with Crippen molar-refractivity contribution in [2.45, 2.75) is 127 Å². The van der Waals surface area contributed by atoms with Crippen LogP contribution in [-0.2, 0) is 73.5 Å². The zero-order valence-electron chi connectivity index (χ0n) is 37.3. The summed E-state index contributed by atoms with van der Waals surface area (Å²) in [5.74, 6) is -0.178. The molecule has 0 unspecified atom stereocenters. The summed E-state index contributed by atoms with van der Waals surface area (Å²) in [4.78, 5) is 14.3. The molecule has 0 aliphatic carbocycles. The van der Waals surface area contributed by atoms with Gasteiger partial charge in [0.2, 0.25) is 0 Å². The van der Waals surface area contributed by atoms with Crippen molar-refractivity contribution in [3.05, 3.63) is 156 Å². The highest BCUT2D eigenvalue weighted by Crippen LogP contribution is 2.42. The Hall–Kier alpha value is -3.85. The van der Waals surface area contributed by atoms with E-state index in [1.54, 1.807) is 13.2 Å². The summed E-state index contributed by atoms with van der Waals surface area (Å²) in [5, 5.41) is -0.144. The van der Waals surface area contributed by atoms with Gasteiger partial charge in [0.1, 0.15) is 43.4 Å². The Morgan fingerprint density at radius 3 is 1.65 bits per heavy atom. The van der Waals surface area contributed by atoms with Crippen LogP contribution in [-0.4, -0.2) is 90.0 Å². The van der Waals surface area contributed by atoms with Gasteiger partial charge in [-0.1, -0.05) is 142 Å². The normalized spacial score (nSPS) is 24.5. The summed E-state index contributed by atoms with van der Waals surface area (Å²) < 4.78 is 59.2. The van der Waals surface area contributed by atoms with Crippen LogP contribution in [0, 0.1) is 0 Å². The molecule has 8 atom stereocenters. The Balaban J connectivity index is 1.33. The zero-order chi connectivity index (χ0) is 43.8. The van der Waals surface area contributed by atoms with E-state index >= 15 is 0 Å². The first-order chi connectivity index (χ1) is 30.0. The van der Waals surface area contributed by atoms with Crippen LogP contribution in [0.15, 0.2) is 133 Å². The molecular formula is C51H66O10Si. The van der Waals surface area contributed by atoms with Crippen LogP contribution in [0.4, 0.5) is 0 Å². The van der Waals surface area contributed by atoms with Crippen LogP contribution >= 0.6 is 0 Å². The molecule has 0 saturated carbocycles. The first-order valence-electron chi connectivity index (χ1n) is 21.9. The zero-order valence-corrected chi connectivity index (χ0v) is 38.3. The molecule has 10 nitrogen and oxygen atoms in total. The minimum atomic E-state index is -2.51. The smallest absolute Gasteiger partial charge is 0.192 e. The van der Waals surface area contributed by atoms with E-state index < -0.39 is 57.1 Å². The molecule has 0 radical (unpaired) electrons. The molecule has 0 spiro atoms. The summed E-state index contributed by atoms with van der Waals surface area (Å²) in [6.07, 6.45) is -0.780. The number of hydrogen-bond donors (Lipinski definition) is 0. The van der Waals surface area contributed by atoms with Gasteiger partial charge < -0.3 is 42.3 Å². The molecular weight excluding hydrogens is 801 g/mol. The molecule has 0 N–H and O–H groups in total. The highest BCUT2D eigenvalue weighted by molar-refractivity contribution is 6.74. The monoisotopic (exact) mass is 866 g/mol. The van der Waals surface area contributed by atoms with Crippen LogP contribution in [0.1, 0.15) is 55.9 Å². The average Bonchev–Trinajstić information content (AvgIpc) is 3.42. The van der Waals surface area contributed by atoms with Gasteiger partial charge in [-0.05, 0) is 59.0 Å². The van der Waals surface area contributed by atoms with E-state index in [2.05, 4.69) is 46.0 Å². The summed E-state index contributed by atoms with van der Waals surface area (Å²) in [6, 6.07) is 40.2. The van der Waals surface area contributed by atoms with Crippen LogP contribution in [0.5, 0.6) is 0 Å². The van der Waals surface area contributed by atoms with Crippen molar-refractivity contribution < 1.29 is 47.1 Å². The van der Waals surface area contributed by atoms with Crippen molar-refractivity contribution in [1.29, 1.82) is 0 Å². The number of ether oxygens (including phenoxy) is 8. The van der Waals surface area contributed by atoms with Gasteiger partial charge in [-0.2, -0.15) is 0 Å². The molecule has 334 valence electrons. The van der Waals surface area contributed by atoms with Gasteiger partial charge in [0.15, 0.2) is 14.1 Å². The highest BCUT2D eigenvalue weighted by Gasteiger charge is 2.52. The Bertz CT molecular complexity index is 1910. The average molecular weight is 867 g/mol. The number of carbonyl (C=O) groups is 1. The molecule has 2 heterocycles. The second-order valence-corrected chi connectivity index (χ2v) is 22.4. The van der Waals surface area contributed by atoms with E-state index in [0.29, 0.717) is 39.5 Å². The predicted molar refractivity (Wildman–Crippen MR) is 242 cm³/mol. The molecule has 1 saturated heterocycles. The maximum absolute atomic E-state index is 14.3. The number of carbonyl (C=O) groups excluding carboxylic acids is 1. The lowest BCUT2D eigenvalue weighted by atomic mass is 9.89. The number of rotatable bonds is 22. The molecule has 0 bridgehead atoms. The molecule has 62 heavy (non-hydrogen) atoms. The van der Waals surface area contributed by atoms with E-state index in [1.807, 2.05) is 115 Å². The van der Waals surface area contributed by atoms with E-state index in [-0.39, 0.29) is 30.6 Å². The van der Waals surface area contributed by atoms with Gasteiger partial charge in [0.05, 0.1) is 51.8 Å². The lowest BCUT2D eigenvalue weighted by Crippen LogP contribution is -2.64. The van der Waals surface area contributed by atoms with Crippen LogP contribution in [0.3, 0.4) is 0 Å². The fraction of sp³-hybridized carbons (Fsp3) is 0.471. The predicted octanol–water partition coefficient (Wildman–Crippen LogP) is 9.41. The third kappa shape index (κ3) is 14.1. The van der Waals surface area contributed by atoms with Crippen molar-refractivity contribution in [3.63, 3.8) is 0 Å². The largest absolute Gasteiger partial charge is 0.409 e. The van der Waals surface area contributed by atoms with E-state index in [4.69, 9.17) is 42.3 Å². The second kappa shape index (κ2) is 23.7. The first-order valence-corrected chi connectivity index (χ1v) is 24.8. The fourth-order valence-corrected chi connectivity index (χ4v) is 8.75. The number of hydrogen-bond acceptors (Lipinski definition) is 10. The standard InChI is InChI=1S/C51H66O10Si/c1-51(2,3)62(5,6)61-49-46(31-45-42(52)27-28-43(56-33-39-21-13-8-14-22-39)47(60-45)36-55-32-38-19-11-7-12-20-38)59-44(29-30-54-37-53-4)48(57-34-40-23-15-9-16-24-40)50(49)58-35-41-25-17-10-18-26-41/h7-28,43-50H,29-37H2,1-6H3/t43-,44-,45-,46+,47+,48-,49+,50+/m0/s1. The minimum absolute atomic E-state index is 0.144. The molecule has 6 rings (SSSR count). The third-order valence-corrected chi connectivity index (χ3v) is 16.4. The number of ketones is 1. The summed E-state index contributed by atoms with van der Waals surface area (Å²) in [5.41, 5.74) is 4.11. The number of benzene rings is 4. The topological polar surface area (TPSA) is 100 Å². The molecule has 4 aromatic carbocycles. The molecule has 1 fully saturated rings. The number of methoxy groups -OCH3 is 1. The van der Waals surface area contributed by atoms with Gasteiger partial charge in [-0.15, -0.1) is 0 Å². The van der Waals surface area contributed by atoms with Crippen LogP contribution < -0.4 is 0 Å². The molecule has 2 aliphatic rings. The maximum Gasteiger partial charge on any atom is 0.192 e. The Morgan fingerprint density at radius 1 is 0.597 bits per heavy atom. The minimum Gasteiger partial charge on any atom is -0.409 e. The first kappa shape index (κ1) is 47.6. The molecule has 0 amide bonds. The Kier molecular flexibility index (Phi) is 18.2. The molecule has 0 aromatic heterocycles. The third-order valence-electron chi connectivity index (χ3n) is 11.9. The van der Waals surface area contributed by atoms with Gasteiger partial charge in [-0.25, -0.2) is 0 Å². The summed E-state index contributed by atoms with van der Waals surface area (Å²) in [7, 11) is -0.904. The van der Waals surface area contributed by atoms with E-state index in [0.717, 1.165) is 22.3 Å². The quantitative estimate of drug-likeness (QED) is 0.0432. The van der Waals surface area contributed by atoms with Crippen LogP contribution in [0.25, 0.3) is 0 Å². The van der Waals surface area contributed by atoms with Crippen molar-refractivity contribution in [1.82, 2.24) is 0 Å². The van der Waals surface area contributed by atoms with Crippen LogP contribution in [0.2, 0.25) is 18.1 Å². The van der Waals surface area contributed by atoms with Crippen molar-refractivity contribution in [3.8, 4) is 0 Å². The summed E-state index contributed by atoms with van der Waals surface area (Å²) in [6.45, 7) is 13.2. The van der Waals surface area contributed by atoms with E-state index in [9.17, 15) is 4.79 Å². The van der Waals surface area contributed by atoms with Gasteiger partial charge >= 0.3 is 0 Å². The van der Waals surface area contributed by atoms with Gasteiger partial charge in [0.25, 0.3) is 0 Å². The molecule has 2 aliphatic heterocycles. The lowest BCUT2D eigenvalue weighted by Gasteiger charge is -2.50. The SMILES string of the molecule is COCOCC[C@@H]1O[C@H](C[C@@H]2O[C@H](COCc3ccccc3)[C@@H](OCc3ccccc3)C=CC2=O)[C@@H](O[Si](C)(C)C(C)(C)C)[C@H](OCc2ccccc2)[C@H]1OCc1ccccc1. The molecule has 4 aromatic rings. The lowest BCUT2D eigenvalue weighted by molar-refractivity contribution is -0.257. The molecule has 11 heteroatoms. The Labute approximate surface area is 369 Å². The second-order valence-electron chi connectivity index (χ2n) is 17.6. The van der Waals surface area contributed by atoms with Crippen molar-refractivity contribution in [2.75, 3.05) is 27.1 Å². The summed E-state index contributed by atoms with van der Waals surface area (Å²) >= 11 is 0. The van der Waals surface area contributed by atoms with Crippen molar-refractivity contribution in [2.24, 2.45) is 0 Å². The van der Waals surface area contributed by atoms with Gasteiger partial charge in [0, 0.05) is 13.5 Å². The van der Waals surface area contributed by atoms with Gasteiger partial charge in [-0.3, -0.25) is 4.79 Å². The van der Waals surface area contributed by atoms with Crippen molar-refractivity contribution >= 4 is 14.1 Å².